The molecule has 0 amide bonds. The Morgan fingerprint density at radius 3 is 1.61 bits per heavy atom. The highest BCUT2D eigenvalue weighted by molar-refractivity contribution is 4.81. The maximum Gasteiger partial charge on any atom is 0.166 e. The van der Waals surface area contributed by atoms with Crippen LogP contribution in [-0.4, -0.2) is 28.6 Å². The van der Waals surface area contributed by atoms with E-state index in [1.807, 2.05) is 13.8 Å². The van der Waals surface area contributed by atoms with Crippen LogP contribution in [0, 0.1) is 6.42 Å². The van der Waals surface area contributed by atoms with Gasteiger partial charge < -0.3 is 15.5 Å². The average Bonchev–Trinajstić information content (AvgIpc) is 2.54. The molecule has 0 aromatic rings. The van der Waals surface area contributed by atoms with E-state index < -0.39 is 6.29 Å². The van der Waals surface area contributed by atoms with E-state index in [1.165, 1.54) is 77.0 Å². The molecule has 0 rings (SSSR count). The molecule has 3 nitrogen and oxygen atoms in total. The molecule has 0 bridgehead atoms. The molecular weight excluding hydrogens is 286 g/mol. The average molecular weight is 329 g/mol. The summed E-state index contributed by atoms with van der Waals surface area (Å²) in [6.07, 6.45) is 18.4. The number of unbranched alkanes of at least 4 members (excludes halogenated alkanes) is 11. The van der Waals surface area contributed by atoms with Crippen LogP contribution >= 0.6 is 0 Å². The second-order valence-corrected chi connectivity index (χ2v) is 6.99. The molecule has 0 saturated heterocycles. The van der Waals surface area contributed by atoms with Crippen LogP contribution in [0.25, 0.3) is 0 Å². The third-order valence-corrected chi connectivity index (χ3v) is 4.70. The van der Waals surface area contributed by atoms with Crippen molar-refractivity contribution in [1.82, 2.24) is 5.32 Å². The van der Waals surface area contributed by atoms with Crippen LogP contribution in [0.5, 0.6) is 0 Å². The zero-order valence-corrected chi connectivity index (χ0v) is 15.9. The van der Waals surface area contributed by atoms with Crippen molar-refractivity contribution in [2.75, 3.05) is 0 Å². The summed E-state index contributed by atoms with van der Waals surface area (Å²) in [6.45, 7) is 6.12. The van der Waals surface area contributed by atoms with Crippen LogP contribution < -0.4 is 5.32 Å². The first-order valence-electron chi connectivity index (χ1n) is 10.0. The third kappa shape index (κ3) is 15.2. The smallest absolute Gasteiger partial charge is 0.166 e. The van der Waals surface area contributed by atoms with E-state index in [9.17, 15) is 0 Å². The van der Waals surface area contributed by atoms with E-state index in [-0.39, 0.29) is 12.1 Å². The Balaban J connectivity index is 3.34. The highest BCUT2D eigenvalue weighted by Gasteiger charge is 2.14. The predicted molar refractivity (Wildman–Crippen MR) is 100 cm³/mol. The molecule has 0 aliphatic heterocycles. The van der Waals surface area contributed by atoms with Crippen LogP contribution in [0.2, 0.25) is 0 Å². The van der Waals surface area contributed by atoms with Gasteiger partial charge in [-0.05, 0) is 19.8 Å². The van der Waals surface area contributed by atoms with Crippen molar-refractivity contribution >= 4 is 0 Å². The van der Waals surface area contributed by atoms with Gasteiger partial charge in [0.15, 0.2) is 6.29 Å². The van der Waals surface area contributed by atoms with Crippen molar-refractivity contribution in [3.8, 4) is 0 Å². The minimum absolute atomic E-state index is 0.270. The van der Waals surface area contributed by atoms with E-state index in [0.29, 0.717) is 0 Å². The van der Waals surface area contributed by atoms with Gasteiger partial charge >= 0.3 is 0 Å². The highest BCUT2D eigenvalue weighted by Crippen LogP contribution is 2.13. The summed E-state index contributed by atoms with van der Waals surface area (Å²) in [7, 11) is 0. The Morgan fingerprint density at radius 2 is 1.22 bits per heavy atom. The second-order valence-electron chi connectivity index (χ2n) is 6.99. The van der Waals surface area contributed by atoms with E-state index in [1.54, 1.807) is 0 Å². The lowest BCUT2D eigenvalue weighted by Crippen LogP contribution is -2.43. The number of aliphatic hydroxyl groups is 2. The van der Waals surface area contributed by atoms with Gasteiger partial charge in [-0.1, -0.05) is 90.9 Å². The fourth-order valence-corrected chi connectivity index (χ4v) is 2.98. The zero-order valence-electron chi connectivity index (χ0n) is 15.9. The van der Waals surface area contributed by atoms with Gasteiger partial charge in [0.05, 0.1) is 6.04 Å². The monoisotopic (exact) mass is 328 g/mol. The molecule has 0 aromatic heterocycles. The van der Waals surface area contributed by atoms with E-state index >= 15 is 0 Å². The first kappa shape index (κ1) is 22.9. The molecule has 0 heterocycles. The third-order valence-electron chi connectivity index (χ3n) is 4.70. The van der Waals surface area contributed by atoms with Crippen LogP contribution in [-0.2, 0) is 0 Å². The summed E-state index contributed by atoms with van der Waals surface area (Å²) < 4.78 is 0. The number of hydrogen-bond donors (Lipinski definition) is 3. The zero-order chi connectivity index (χ0) is 17.3. The minimum atomic E-state index is -1.28. The van der Waals surface area contributed by atoms with Gasteiger partial charge in [0.1, 0.15) is 0 Å². The maximum absolute atomic E-state index is 9.12. The number of rotatable bonds is 17. The van der Waals surface area contributed by atoms with Crippen molar-refractivity contribution in [3.63, 3.8) is 0 Å². The van der Waals surface area contributed by atoms with Gasteiger partial charge in [-0.25, -0.2) is 0 Å². The van der Waals surface area contributed by atoms with E-state index in [0.717, 1.165) is 6.42 Å². The quantitative estimate of drug-likeness (QED) is 0.261. The Morgan fingerprint density at radius 1 is 0.783 bits per heavy atom. The lowest BCUT2D eigenvalue weighted by atomic mass is 10.0. The lowest BCUT2D eigenvalue weighted by molar-refractivity contribution is -0.0642. The molecule has 0 aliphatic carbocycles. The van der Waals surface area contributed by atoms with Crippen molar-refractivity contribution < 1.29 is 10.2 Å². The fourth-order valence-electron chi connectivity index (χ4n) is 2.98. The van der Waals surface area contributed by atoms with Gasteiger partial charge in [0.25, 0.3) is 0 Å². The van der Waals surface area contributed by atoms with Gasteiger partial charge in [-0.2, -0.15) is 0 Å². The van der Waals surface area contributed by atoms with Crippen molar-refractivity contribution in [1.29, 1.82) is 0 Å². The van der Waals surface area contributed by atoms with Gasteiger partial charge in [-0.15, -0.1) is 0 Å². The van der Waals surface area contributed by atoms with Crippen LogP contribution in [0.1, 0.15) is 104 Å². The molecule has 1 radical (unpaired) electrons. The molecule has 0 fully saturated rings. The van der Waals surface area contributed by atoms with E-state index in [2.05, 4.69) is 18.7 Å². The molecular formula is C20H42NO2. The minimum Gasteiger partial charge on any atom is -0.367 e. The molecule has 2 unspecified atom stereocenters. The predicted octanol–water partition coefficient (Wildman–Crippen LogP) is 4.96. The molecule has 0 aliphatic rings. The van der Waals surface area contributed by atoms with Gasteiger partial charge in [-0.3, -0.25) is 0 Å². The van der Waals surface area contributed by atoms with E-state index in [4.69, 9.17) is 10.2 Å². The van der Waals surface area contributed by atoms with Crippen LogP contribution in [0.3, 0.4) is 0 Å². The summed E-state index contributed by atoms with van der Waals surface area (Å²) in [5, 5.41) is 21.5. The topological polar surface area (TPSA) is 52.5 Å². The SMILES string of the molecule is C[CH]C(CCCCCCCCCCCCCC)NC(C)C(O)O. The summed E-state index contributed by atoms with van der Waals surface area (Å²) in [5.74, 6) is 0. The largest absolute Gasteiger partial charge is 0.367 e. The highest BCUT2D eigenvalue weighted by atomic mass is 16.5. The van der Waals surface area contributed by atoms with Crippen molar-refractivity contribution in [3.05, 3.63) is 6.42 Å². The summed E-state index contributed by atoms with van der Waals surface area (Å²) in [4.78, 5) is 0. The standard InChI is InChI=1S/C20H42NO2/c1-4-6-7-8-9-10-11-12-13-14-15-16-17-19(5-2)21-18(3)20(22)23/h5,18-23H,4,6-17H2,1-3H3. The maximum atomic E-state index is 9.12. The number of aliphatic hydroxyl groups excluding tert-OH is 1. The van der Waals surface area contributed by atoms with Gasteiger partial charge in [0.2, 0.25) is 0 Å². The Kier molecular flexibility index (Phi) is 16.6. The molecule has 2 atom stereocenters. The molecule has 0 saturated carbocycles. The Hall–Kier alpha value is -0.120. The van der Waals surface area contributed by atoms with Crippen molar-refractivity contribution in [2.24, 2.45) is 0 Å². The lowest BCUT2D eigenvalue weighted by Gasteiger charge is -2.23. The molecule has 3 N–H and O–H groups in total. The fraction of sp³-hybridized carbons (Fsp3) is 0.950. The number of hydrogen-bond acceptors (Lipinski definition) is 3. The first-order valence-corrected chi connectivity index (χ1v) is 10.0. The second kappa shape index (κ2) is 16.7. The summed E-state index contributed by atoms with van der Waals surface area (Å²) in [5.41, 5.74) is 0. The normalized spacial score (nSPS) is 14.3. The van der Waals surface area contributed by atoms with Crippen LogP contribution in [0.4, 0.5) is 0 Å². The molecule has 3 heteroatoms. The van der Waals surface area contributed by atoms with Crippen LogP contribution in [0.15, 0.2) is 0 Å². The molecule has 0 spiro atoms. The molecule has 0 aromatic carbocycles. The Labute approximate surface area is 145 Å². The summed E-state index contributed by atoms with van der Waals surface area (Å²) in [6, 6.07) is 0.0171. The Bertz CT molecular complexity index is 234. The van der Waals surface area contributed by atoms with Crippen molar-refractivity contribution in [2.45, 2.75) is 123 Å². The number of nitrogens with one attached hydrogen (secondary N) is 1. The first-order chi connectivity index (χ1) is 11.1. The van der Waals surface area contributed by atoms with Gasteiger partial charge in [0, 0.05) is 6.04 Å². The molecule has 139 valence electrons. The molecule has 23 heavy (non-hydrogen) atoms. The summed E-state index contributed by atoms with van der Waals surface area (Å²) >= 11 is 0.